The number of aliphatic hydroxyl groups is 1. The number of aliphatic hydroxyl groups excluding tert-OH is 1. The molecule has 1 fully saturated rings. The Bertz CT molecular complexity index is 403. The third kappa shape index (κ3) is 3.20. The minimum absolute atomic E-state index is 0.125. The van der Waals surface area contributed by atoms with Gasteiger partial charge >= 0.3 is 0 Å². The smallest absolute Gasteiger partial charge is 0.208 e. The van der Waals surface area contributed by atoms with Crippen LogP contribution in [0.3, 0.4) is 0 Å². The van der Waals surface area contributed by atoms with Crippen molar-refractivity contribution in [3.05, 3.63) is 5.01 Å². The van der Waals surface area contributed by atoms with Crippen LogP contribution in [0.2, 0.25) is 0 Å². The number of rotatable bonds is 2. The molecule has 18 heavy (non-hydrogen) atoms. The maximum atomic E-state index is 9.92. The Morgan fingerprint density at radius 2 is 2.11 bits per heavy atom. The molecule has 0 amide bonds. The molecule has 2 heterocycles. The van der Waals surface area contributed by atoms with Gasteiger partial charge in [0.2, 0.25) is 5.13 Å². The first-order valence-corrected chi connectivity index (χ1v) is 7.45. The fourth-order valence-corrected chi connectivity index (χ4v) is 3.33. The fraction of sp³-hybridized carbons (Fsp3) is 0.846. The predicted octanol–water partition coefficient (Wildman–Crippen LogP) is 2.65. The molecule has 2 rings (SSSR count). The van der Waals surface area contributed by atoms with Crippen molar-refractivity contribution in [1.29, 1.82) is 0 Å². The van der Waals surface area contributed by atoms with Gasteiger partial charge in [-0.1, -0.05) is 39.0 Å². The SMILES string of the molecule is CC(C)c1nnc(N2CC[C@@H](O)CC(C)(C)C2)s1. The zero-order valence-corrected chi connectivity index (χ0v) is 12.5. The van der Waals surface area contributed by atoms with Gasteiger partial charge in [-0.25, -0.2) is 0 Å². The average molecular weight is 269 g/mol. The summed E-state index contributed by atoms with van der Waals surface area (Å²) in [6, 6.07) is 0. The van der Waals surface area contributed by atoms with Crippen LogP contribution in [0.15, 0.2) is 0 Å². The Morgan fingerprint density at radius 1 is 1.39 bits per heavy atom. The van der Waals surface area contributed by atoms with Gasteiger partial charge in [0.05, 0.1) is 6.10 Å². The molecule has 0 spiro atoms. The Morgan fingerprint density at radius 3 is 2.72 bits per heavy atom. The molecule has 0 unspecified atom stereocenters. The van der Waals surface area contributed by atoms with Crippen LogP contribution in [0.5, 0.6) is 0 Å². The lowest BCUT2D eigenvalue weighted by atomic mass is 9.87. The van der Waals surface area contributed by atoms with E-state index in [1.54, 1.807) is 11.3 Å². The highest BCUT2D eigenvalue weighted by Crippen LogP contribution is 2.33. The van der Waals surface area contributed by atoms with E-state index in [9.17, 15) is 5.11 Å². The second-order valence-corrected chi connectivity index (χ2v) is 7.30. The molecule has 1 atom stereocenters. The standard InChI is InChI=1S/C13H23N3OS/c1-9(2)11-14-15-12(18-11)16-6-5-10(17)7-13(3,4)8-16/h9-10,17H,5-8H2,1-4H3/t10-/m1/s1. The van der Waals surface area contributed by atoms with E-state index < -0.39 is 0 Å². The topological polar surface area (TPSA) is 49.2 Å². The molecule has 1 aromatic rings. The van der Waals surface area contributed by atoms with Crippen LogP contribution in [0, 0.1) is 5.41 Å². The molecule has 0 bridgehead atoms. The summed E-state index contributed by atoms with van der Waals surface area (Å²) in [5.74, 6) is 0.432. The van der Waals surface area contributed by atoms with Crippen molar-refractivity contribution in [2.24, 2.45) is 5.41 Å². The number of anilines is 1. The van der Waals surface area contributed by atoms with Gasteiger partial charge in [0.25, 0.3) is 0 Å². The lowest BCUT2D eigenvalue weighted by molar-refractivity contribution is 0.123. The van der Waals surface area contributed by atoms with Crippen LogP contribution in [-0.4, -0.2) is 34.5 Å². The monoisotopic (exact) mass is 269 g/mol. The zero-order valence-electron chi connectivity index (χ0n) is 11.7. The maximum Gasteiger partial charge on any atom is 0.208 e. The predicted molar refractivity (Wildman–Crippen MR) is 75.2 cm³/mol. The Labute approximate surface area is 113 Å². The summed E-state index contributed by atoms with van der Waals surface area (Å²) in [4.78, 5) is 2.28. The highest BCUT2D eigenvalue weighted by Gasteiger charge is 2.30. The fourth-order valence-electron chi connectivity index (χ4n) is 2.46. The van der Waals surface area contributed by atoms with Gasteiger partial charge in [-0.05, 0) is 18.3 Å². The van der Waals surface area contributed by atoms with Gasteiger partial charge in [-0.2, -0.15) is 0 Å². The van der Waals surface area contributed by atoms with Crippen LogP contribution in [0.4, 0.5) is 5.13 Å². The van der Waals surface area contributed by atoms with Gasteiger partial charge in [0.15, 0.2) is 0 Å². The van der Waals surface area contributed by atoms with Crippen molar-refractivity contribution < 1.29 is 5.11 Å². The summed E-state index contributed by atoms with van der Waals surface area (Å²) < 4.78 is 0. The van der Waals surface area contributed by atoms with Gasteiger partial charge < -0.3 is 10.0 Å². The average Bonchev–Trinajstić information content (AvgIpc) is 2.67. The molecular formula is C13H23N3OS. The van der Waals surface area contributed by atoms with Crippen molar-refractivity contribution in [2.45, 2.75) is 52.6 Å². The molecule has 1 N–H and O–H groups in total. The van der Waals surface area contributed by atoms with Crippen LogP contribution >= 0.6 is 11.3 Å². The first-order valence-electron chi connectivity index (χ1n) is 6.64. The van der Waals surface area contributed by atoms with Crippen molar-refractivity contribution in [1.82, 2.24) is 10.2 Å². The molecule has 1 aliphatic heterocycles. The van der Waals surface area contributed by atoms with Crippen molar-refractivity contribution in [3.8, 4) is 0 Å². The minimum Gasteiger partial charge on any atom is -0.393 e. The van der Waals surface area contributed by atoms with Gasteiger partial charge in [-0.15, -0.1) is 10.2 Å². The molecule has 5 heteroatoms. The second kappa shape index (κ2) is 5.13. The number of hydrogen-bond acceptors (Lipinski definition) is 5. The zero-order chi connectivity index (χ0) is 13.3. The molecule has 0 aliphatic carbocycles. The largest absolute Gasteiger partial charge is 0.393 e. The summed E-state index contributed by atoms with van der Waals surface area (Å²) >= 11 is 1.68. The summed E-state index contributed by atoms with van der Waals surface area (Å²) in [6.45, 7) is 10.5. The summed E-state index contributed by atoms with van der Waals surface area (Å²) in [5, 5.41) is 20.6. The molecule has 1 aromatic heterocycles. The summed E-state index contributed by atoms with van der Waals surface area (Å²) in [7, 11) is 0. The number of hydrogen-bond donors (Lipinski definition) is 1. The van der Waals surface area contributed by atoms with E-state index in [0.29, 0.717) is 5.92 Å². The van der Waals surface area contributed by atoms with Crippen molar-refractivity contribution >= 4 is 16.5 Å². The first-order chi connectivity index (χ1) is 8.37. The third-order valence-corrected chi connectivity index (χ3v) is 4.62. The second-order valence-electron chi connectivity index (χ2n) is 6.31. The van der Waals surface area contributed by atoms with E-state index in [0.717, 1.165) is 36.1 Å². The number of nitrogens with zero attached hydrogens (tertiary/aromatic N) is 3. The first kappa shape index (κ1) is 13.7. The quantitative estimate of drug-likeness (QED) is 0.896. The third-order valence-electron chi connectivity index (χ3n) is 3.33. The summed E-state index contributed by atoms with van der Waals surface area (Å²) in [5.41, 5.74) is 0.125. The van der Waals surface area contributed by atoms with E-state index in [1.807, 2.05) is 0 Å². The lowest BCUT2D eigenvalue weighted by Gasteiger charge is -2.29. The summed E-state index contributed by atoms with van der Waals surface area (Å²) in [6.07, 6.45) is 1.49. The molecule has 0 aromatic carbocycles. The highest BCUT2D eigenvalue weighted by atomic mass is 32.1. The molecule has 4 nitrogen and oxygen atoms in total. The van der Waals surface area contributed by atoms with Crippen molar-refractivity contribution in [3.63, 3.8) is 0 Å². The molecule has 0 radical (unpaired) electrons. The Kier molecular flexibility index (Phi) is 3.92. The van der Waals surface area contributed by atoms with E-state index in [2.05, 4.69) is 42.8 Å². The normalized spacial score (nSPS) is 24.3. The van der Waals surface area contributed by atoms with Gasteiger partial charge in [-0.3, -0.25) is 0 Å². The van der Waals surface area contributed by atoms with E-state index >= 15 is 0 Å². The maximum absolute atomic E-state index is 9.92. The van der Waals surface area contributed by atoms with Gasteiger partial charge in [0.1, 0.15) is 5.01 Å². The van der Waals surface area contributed by atoms with E-state index in [4.69, 9.17) is 0 Å². The molecule has 1 aliphatic rings. The van der Waals surface area contributed by atoms with Crippen LogP contribution < -0.4 is 4.90 Å². The highest BCUT2D eigenvalue weighted by molar-refractivity contribution is 7.15. The minimum atomic E-state index is -0.192. The van der Waals surface area contributed by atoms with Crippen molar-refractivity contribution in [2.75, 3.05) is 18.0 Å². The molecule has 1 saturated heterocycles. The Hall–Kier alpha value is -0.680. The number of aromatic nitrogens is 2. The van der Waals surface area contributed by atoms with Crippen LogP contribution in [0.1, 0.15) is 51.5 Å². The van der Waals surface area contributed by atoms with E-state index in [-0.39, 0.29) is 11.5 Å². The van der Waals surface area contributed by atoms with Crippen LogP contribution in [-0.2, 0) is 0 Å². The van der Waals surface area contributed by atoms with Crippen LogP contribution in [0.25, 0.3) is 0 Å². The van der Waals surface area contributed by atoms with Gasteiger partial charge in [0, 0.05) is 19.0 Å². The molecule has 102 valence electrons. The van der Waals surface area contributed by atoms with E-state index in [1.165, 1.54) is 0 Å². The molecule has 0 saturated carbocycles. The Balaban J connectivity index is 2.16. The lowest BCUT2D eigenvalue weighted by Crippen LogP contribution is -2.32. The molecular weight excluding hydrogens is 246 g/mol.